The number of nitrogens with two attached hydrogens (primary N) is 1. The molecule has 1 aromatic carbocycles. The van der Waals surface area contributed by atoms with Gasteiger partial charge in [-0.05, 0) is 17.7 Å². The van der Waals surface area contributed by atoms with Gasteiger partial charge in [0.15, 0.2) is 0 Å². The third-order valence-corrected chi connectivity index (χ3v) is 2.26. The molecule has 0 aliphatic carbocycles. The number of alkyl halides is 3. The van der Waals surface area contributed by atoms with Crippen LogP contribution >= 0.6 is 15.9 Å². The van der Waals surface area contributed by atoms with Gasteiger partial charge in [-0.2, -0.15) is 13.2 Å². The molecule has 0 saturated heterocycles. The van der Waals surface area contributed by atoms with Gasteiger partial charge in [0.05, 0.1) is 5.57 Å². The zero-order chi connectivity index (χ0) is 11.5. The fourth-order valence-corrected chi connectivity index (χ4v) is 1.57. The predicted molar refractivity (Wildman–Crippen MR) is 57.2 cm³/mol. The van der Waals surface area contributed by atoms with Crippen LogP contribution in [0.4, 0.5) is 13.2 Å². The lowest BCUT2D eigenvalue weighted by atomic mass is 10.1. The molecular weight excluding hydrogens is 271 g/mol. The van der Waals surface area contributed by atoms with E-state index in [9.17, 15) is 13.2 Å². The quantitative estimate of drug-likeness (QED) is 0.883. The molecule has 0 atom stereocenters. The molecule has 0 spiro atoms. The summed E-state index contributed by atoms with van der Waals surface area (Å²) < 4.78 is 38.4. The van der Waals surface area contributed by atoms with Gasteiger partial charge in [0.2, 0.25) is 0 Å². The van der Waals surface area contributed by atoms with Crippen molar-refractivity contribution in [3.8, 4) is 0 Å². The van der Waals surface area contributed by atoms with Crippen molar-refractivity contribution >= 4 is 21.5 Å². The van der Waals surface area contributed by atoms with Crippen LogP contribution in [0.2, 0.25) is 0 Å². The molecule has 0 aliphatic heterocycles. The first-order valence-electron chi connectivity index (χ1n) is 4.18. The zero-order valence-corrected chi connectivity index (χ0v) is 9.27. The summed E-state index contributed by atoms with van der Waals surface area (Å²) >= 11 is 3.12. The Kier molecular flexibility index (Phi) is 3.93. The molecule has 0 heterocycles. The summed E-state index contributed by atoms with van der Waals surface area (Å²) in [6, 6.07) is 6.03. The summed E-state index contributed by atoms with van der Waals surface area (Å²) in [5.41, 5.74) is 4.52. The molecule has 0 amide bonds. The summed E-state index contributed by atoms with van der Waals surface area (Å²) in [6.45, 7) is -0.138. The van der Waals surface area contributed by atoms with Crippen molar-refractivity contribution in [2.45, 2.75) is 6.18 Å². The minimum Gasteiger partial charge on any atom is -0.327 e. The SMILES string of the molecule is NC/C=C(\c1cccc(Br)c1)C(F)(F)F. The fraction of sp³-hybridized carbons (Fsp3) is 0.200. The van der Waals surface area contributed by atoms with Crippen LogP contribution in [0.1, 0.15) is 5.56 Å². The Labute approximate surface area is 93.9 Å². The molecule has 0 fully saturated rings. The lowest BCUT2D eigenvalue weighted by Crippen LogP contribution is -2.12. The number of halogens is 4. The molecule has 0 aromatic heterocycles. The Morgan fingerprint density at radius 1 is 1.40 bits per heavy atom. The van der Waals surface area contributed by atoms with E-state index in [1.54, 1.807) is 12.1 Å². The topological polar surface area (TPSA) is 26.0 Å². The number of benzene rings is 1. The lowest BCUT2D eigenvalue weighted by molar-refractivity contribution is -0.0690. The average Bonchev–Trinajstić information content (AvgIpc) is 2.12. The van der Waals surface area contributed by atoms with Gasteiger partial charge in [-0.1, -0.05) is 34.1 Å². The van der Waals surface area contributed by atoms with Gasteiger partial charge in [0.25, 0.3) is 0 Å². The molecule has 82 valence electrons. The minimum atomic E-state index is -4.37. The van der Waals surface area contributed by atoms with E-state index in [-0.39, 0.29) is 12.1 Å². The summed E-state index contributed by atoms with van der Waals surface area (Å²) in [5, 5.41) is 0. The van der Waals surface area contributed by atoms with Crippen molar-refractivity contribution in [2.24, 2.45) is 5.73 Å². The van der Waals surface area contributed by atoms with Gasteiger partial charge in [-0.25, -0.2) is 0 Å². The number of hydrogen-bond acceptors (Lipinski definition) is 1. The third-order valence-electron chi connectivity index (χ3n) is 1.76. The van der Waals surface area contributed by atoms with Crippen LogP contribution in [0, 0.1) is 0 Å². The lowest BCUT2D eigenvalue weighted by Gasteiger charge is -2.12. The Morgan fingerprint density at radius 3 is 2.53 bits per heavy atom. The molecule has 0 unspecified atom stereocenters. The average molecular weight is 280 g/mol. The van der Waals surface area contributed by atoms with Crippen LogP contribution in [0.25, 0.3) is 5.57 Å². The minimum absolute atomic E-state index is 0.113. The summed E-state index contributed by atoms with van der Waals surface area (Å²) in [7, 11) is 0. The van der Waals surface area contributed by atoms with Crippen LogP contribution in [0.5, 0.6) is 0 Å². The first-order valence-corrected chi connectivity index (χ1v) is 4.98. The molecule has 0 saturated carbocycles. The molecule has 5 heteroatoms. The van der Waals surface area contributed by atoms with Crippen molar-refractivity contribution in [3.63, 3.8) is 0 Å². The second kappa shape index (κ2) is 4.81. The molecule has 15 heavy (non-hydrogen) atoms. The maximum atomic E-state index is 12.6. The molecule has 1 aromatic rings. The number of rotatable bonds is 2. The van der Waals surface area contributed by atoms with Gasteiger partial charge >= 0.3 is 6.18 Å². The smallest absolute Gasteiger partial charge is 0.327 e. The van der Waals surface area contributed by atoms with E-state index in [2.05, 4.69) is 15.9 Å². The normalized spacial score (nSPS) is 13.0. The highest BCUT2D eigenvalue weighted by Crippen LogP contribution is 2.34. The highest BCUT2D eigenvalue weighted by Gasteiger charge is 2.34. The maximum Gasteiger partial charge on any atom is 0.416 e. The van der Waals surface area contributed by atoms with Crippen molar-refractivity contribution in [3.05, 3.63) is 40.4 Å². The number of allylic oxidation sites excluding steroid dienone is 1. The van der Waals surface area contributed by atoms with E-state index >= 15 is 0 Å². The van der Waals surface area contributed by atoms with Crippen LogP contribution in [-0.2, 0) is 0 Å². The Hall–Kier alpha value is -0.810. The van der Waals surface area contributed by atoms with Crippen LogP contribution in [0.15, 0.2) is 34.8 Å². The van der Waals surface area contributed by atoms with E-state index in [1.807, 2.05) is 0 Å². The van der Waals surface area contributed by atoms with Crippen LogP contribution in [-0.4, -0.2) is 12.7 Å². The summed E-state index contributed by atoms with van der Waals surface area (Å²) in [5.74, 6) is 0. The van der Waals surface area contributed by atoms with Gasteiger partial charge < -0.3 is 5.73 Å². The first-order chi connectivity index (χ1) is 6.95. The molecule has 1 nitrogen and oxygen atoms in total. The van der Waals surface area contributed by atoms with Crippen molar-refractivity contribution in [1.29, 1.82) is 0 Å². The van der Waals surface area contributed by atoms with Gasteiger partial charge in [-0.3, -0.25) is 0 Å². The Bertz CT molecular complexity index is 371. The molecule has 0 aliphatic rings. The first kappa shape index (κ1) is 12.3. The zero-order valence-electron chi connectivity index (χ0n) is 7.68. The standard InChI is InChI=1S/C10H9BrF3N/c11-8-3-1-2-7(6-8)9(4-5-15)10(12,13)14/h1-4,6H,5,15H2/b9-4+. The highest BCUT2D eigenvalue weighted by molar-refractivity contribution is 9.10. The van der Waals surface area contributed by atoms with E-state index < -0.39 is 11.7 Å². The molecule has 0 bridgehead atoms. The van der Waals surface area contributed by atoms with E-state index in [0.29, 0.717) is 4.47 Å². The maximum absolute atomic E-state index is 12.6. The van der Waals surface area contributed by atoms with E-state index in [4.69, 9.17) is 5.73 Å². The fourth-order valence-electron chi connectivity index (χ4n) is 1.17. The third kappa shape index (κ3) is 3.35. The van der Waals surface area contributed by atoms with Gasteiger partial charge in [-0.15, -0.1) is 0 Å². The van der Waals surface area contributed by atoms with Crippen molar-refractivity contribution < 1.29 is 13.2 Å². The van der Waals surface area contributed by atoms with Gasteiger partial charge in [0.1, 0.15) is 0 Å². The molecule has 0 radical (unpaired) electrons. The van der Waals surface area contributed by atoms with Crippen LogP contribution in [0.3, 0.4) is 0 Å². The second-order valence-electron chi connectivity index (χ2n) is 2.86. The highest BCUT2D eigenvalue weighted by atomic mass is 79.9. The monoisotopic (exact) mass is 279 g/mol. The van der Waals surface area contributed by atoms with Gasteiger partial charge in [0, 0.05) is 11.0 Å². The largest absolute Gasteiger partial charge is 0.416 e. The van der Waals surface area contributed by atoms with E-state index in [0.717, 1.165) is 6.08 Å². The predicted octanol–water partition coefficient (Wildman–Crippen LogP) is 3.35. The second-order valence-corrected chi connectivity index (χ2v) is 3.78. The summed E-state index contributed by atoms with van der Waals surface area (Å²) in [6.07, 6.45) is -3.40. The molecule has 1 rings (SSSR count). The Morgan fingerprint density at radius 2 is 2.07 bits per heavy atom. The number of hydrogen-bond donors (Lipinski definition) is 1. The summed E-state index contributed by atoms with van der Waals surface area (Å²) in [4.78, 5) is 0. The molecule has 2 N–H and O–H groups in total. The van der Waals surface area contributed by atoms with Crippen LogP contribution < -0.4 is 5.73 Å². The molecular formula is C10H9BrF3N. The van der Waals surface area contributed by atoms with Crippen molar-refractivity contribution in [1.82, 2.24) is 0 Å². The van der Waals surface area contributed by atoms with Crippen molar-refractivity contribution in [2.75, 3.05) is 6.54 Å². The Balaban J connectivity index is 3.17. The van der Waals surface area contributed by atoms with E-state index in [1.165, 1.54) is 12.1 Å².